The third-order valence-corrected chi connectivity index (χ3v) is 16.2. The maximum atomic E-state index is 14.5. The quantitative estimate of drug-likeness (QED) is 0.0165. The van der Waals surface area contributed by atoms with Crippen molar-refractivity contribution >= 4 is 94.6 Å². The van der Waals surface area contributed by atoms with Crippen LogP contribution < -0.4 is 92.9 Å². The van der Waals surface area contributed by atoms with Gasteiger partial charge in [-0.2, -0.15) is 0 Å². The molecule has 0 spiro atoms. The van der Waals surface area contributed by atoms with Crippen molar-refractivity contribution in [3.8, 4) is 0 Å². The molecular weight excluding hydrogens is 1290 g/mol. The molecule has 1 heterocycles. The second-order valence-electron chi connectivity index (χ2n) is 25.8. The number of aliphatic carboxylic acids is 1. The molecule has 1 saturated heterocycles. The molecule has 1 aliphatic rings. The number of guanidine groups is 1. The van der Waals surface area contributed by atoms with Crippen molar-refractivity contribution in [3.05, 3.63) is 35.9 Å². The van der Waals surface area contributed by atoms with Crippen LogP contribution in [0.15, 0.2) is 35.3 Å². The molecule has 0 saturated carbocycles. The Kier molecular flexibility index (Phi) is 37.7. The first-order valence-corrected chi connectivity index (χ1v) is 33.4. The molecule has 1 aliphatic heterocycles. The summed E-state index contributed by atoms with van der Waals surface area (Å²) >= 11 is 0. The minimum Gasteiger partial charge on any atom is -0.480 e. The van der Waals surface area contributed by atoms with Gasteiger partial charge in [-0.05, 0) is 107 Å². The summed E-state index contributed by atoms with van der Waals surface area (Å²) in [5.74, 6) is -15.4. The Balaban J connectivity index is 2.30. The summed E-state index contributed by atoms with van der Waals surface area (Å²) in [7, 11) is 0. The van der Waals surface area contributed by atoms with Crippen molar-refractivity contribution in [2.75, 3.05) is 32.7 Å². The van der Waals surface area contributed by atoms with Crippen LogP contribution in [0.25, 0.3) is 0 Å². The molecule has 1 fully saturated rings. The molecule has 554 valence electrons. The highest BCUT2D eigenvalue weighted by molar-refractivity contribution is 6.00. The molecule has 12 atom stereocenters. The van der Waals surface area contributed by atoms with Gasteiger partial charge in [0, 0.05) is 19.5 Å². The molecule has 35 heteroatoms. The minimum absolute atomic E-state index is 0.00881. The predicted molar refractivity (Wildman–Crippen MR) is 363 cm³/mol. The van der Waals surface area contributed by atoms with Crippen LogP contribution in [-0.4, -0.2) is 204 Å². The number of nitrogens with zero attached hydrogens (tertiary/aromatic N) is 2. The van der Waals surface area contributed by atoms with E-state index in [9.17, 15) is 71.9 Å². The van der Waals surface area contributed by atoms with E-state index in [1.807, 2.05) is 6.07 Å². The van der Waals surface area contributed by atoms with Gasteiger partial charge in [0.2, 0.25) is 82.7 Å². The summed E-state index contributed by atoms with van der Waals surface area (Å²) < 4.78 is 0. The van der Waals surface area contributed by atoms with Gasteiger partial charge in [-0.25, -0.2) is 0 Å². The highest BCUT2D eigenvalue weighted by Crippen LogP contribution is 2.23. The topological polar surface area (TPSA) is 580 Å². The van der Waals surface area contributed by atoms with Crippen molar-refractivity contribution in [2.45, 2.75) is 212 Å². The van der Waals surface area contributed by atoms with Crippen LogP contribution in [0.4, 0.5) is 0 Å². The van der Waals surface area contributed by atoms with Gasteiger partial charge in [0.1, 0.15) is 67.0 Å². The molecule has 99 heavy (non-hydrogen) atoms. The maximum Gasteiger partial charge on any atom is 0.322 e. The van der Waals surface area contributed by atoms with Gasteiger partial charge in [-0.3, -0.25) is 76.9 Å². The van der Waals surface area contributed by atoms with Crippen LogP contribution in [0.3, 0.4) is 0 Å². The molecule has 1 aromatic carbocycles. The molecule has 14 amide bonds. The number of nitrogens with one attached hydrogen (secondary N) is 11. The van der Waals surface area contributed by atoms with E-state index >= 15 is 0 Å². The van der Waals surface area contributed by atoms with Crippen LogP contribution in [0.5, 0.6) is 0 Å². The average molecular weight is 1400 g/mol. The lowest BCUT2D eigenvalue weighted by atomic mass is 9.97. The number of rotatable bonds is 45. The Labute approximate surface area is 577 Å². The predicted octanol–water partition coefficient (Wildman–Crippen LogP) is -5.02. The molecule has 0 unspecified atom stereocenters. The molecule has 0 aliphatic carbocycles. The number of carbonyl (C=O) groups is 15. The largest absolute Gasteiger partial charge is 0.480 e. The van der Waals surface area contributed by atoms with Crippen molar-refractivity contribution in [2.24, 2.45) is 63.1 Å². The van der Waals surface area contributed by atoms with E-state index in [1.165, 1.54) is 11.8 Å². The summed E-state index contributed by atoms with van der Waals surface area (Å²) in [4.78, 5) is 207. The number of unbranched alkanes of at least 4 members (excludes halogenated alkanes) is 1. The lowest BCUT2D eigenvalue weighted by Crippen LogP contribution is -2.60. The zero-order valence-electron chi connectivity index (χ0n) is 58.2. The summed E-state index contributed by atoms with van der Waals surface area (Å²) in [5.41, 5.74) is 34.5. The van der Waals surface area contributed by atoms with E-state index < -0.39 is 205 Å². The van der Waals surface area contributed by atoms with Gasteiger partial charge in [-0.1, -0.05) is 92.1 Å². The van der Waals surface area contributed by atoms with Crippen molar-refractivity contribution < 1.29 is 77.0 Å². The minimum atomic E-state index is -1.81. The molecule has 1 aromatic rings. The lowest BCUT2D eigenvalue weighted by Gasteiger charge is -2.32. The molecule has 0 bridgehead atoms. The smallest absolute Gasteiger partial charge is 0.322 e. The number of likely N-dealkylation sites (tertiary alicyclic amines) is 1. The zero-order valence-corrected chi connectivity index (χ0v) is 58.2. The third kappa shape index (κ3) is 31.3. The number of hydrogen-bond acceptors (Lipinski definition) is 18. The molecule has 35 nitrogen and oxygen atoms in total. The third-order valence-electron chi connectivity index (χ3n) is 16.2. The van der Waals surface area contributed by atoms with E-state index in [0.717, 1.165) is 5.56 Å². The number of nitrogens with two attached hydrogens (primary N) is 6. The van der Waals surface area contributed by atoms with Crippen LogP contribution in [-0.2, 0) is 78.3 Å². The number of carboxylic acid groups (broad SMARTS) is 1. The van der Waals surface area contributed by atoms with Crippen LogP contribution in [0.1, 0.15) is 145 Å². The number of hydrogen-bond donors (Lipinski definition) is 18. The van der Waals surface area contributed by atoms with Crippen LogP contribution >= 0.6 is 0 Å². The Bertz CT molecular complexity index is 2970. The fourth-order valence-electron chi connectivity index (χ4n) is 10.5. The fourth-order valence-corrected chi connectivity index (χ4v) is 10.5. The highest BCUT2D eigenvalue weighted by atomic mass is 16.4. The number of amides is 14. The van der Waals surface area contributed by atoms with Gasteiger partial charge in [-0.15, -0.1) is 0 Å². The Hall–Kier alpha value is -9.54. The second-order valence-corrected chi connectivity index (χ2v) is 25.8. The van der Waals surface area contributed by atoms with Gasteiger partial charge < -0.3 is 103 Å². The van der Waals surface area contributed by atoms with Gasteiger partial charge in [0.05, 0.1) is 19.0 Å². The van der Waals surface area contributed by atoms with E-state index in [-0.39, 0.29) is 76.5 Å². The first-order valence-electron chi connectivity index (χ1n) is 33.4. The van der Waals surface area contributed by atoms with Gasteiger partial charge in [0.15, 0.2) is 5.96 Å². The molecule has 2 rings (SSSR count). The SMILES string of the molecule is CC[C@H](C)[C@H](NC(=O)CNC(=O)[C@H](CCCCN)NC(=O)[C@H](CCC(N)=O)NC(=O)[C@H](CC(N)=O)NC(=O)[C@H](CC(C)C)NC(=O)[C@H](C)NC(=O)[C@@H](NC(=O)[C@@H](N)Cc1ccccc1)C(C)C)C(=O)N1CCC[C@H]1C(=O)N[C@H](C(=O)N[C@@H](CCCN=C(N)N)C(=O)NCC(=O)O)C(C)C. The Morgan fingerprint density at radius 2 is 1.09 bits per heavy atom. The standard InChI is InChI=1S/C64H107N19O16/c1-10-36(8)52(63(99)83-27-17-22-45(83)60(96)82-51(35(6)7)62(98)77-41(21-16-26-71-64(69)70)56(92)73-32-49(87)88)80-48(86)31-72-55(91)40(20-14-15-25-65)75-57(93)42(23-24-46(67)84)76-59(95)44(30-47(68)85)79-58(94)43(28-33(2)3)78-53(89)37(9)74-61(97)50(34(4)5)81-54(90)39(66)29-38-18-12-11-13-19-38/h11-13,18-19,33-37,39-45,50-52H,10,14-17,20-32,65-66H2,1-9H3,(H2,67,84)(H2,68,85)(H,72,91)(H,73,92)(H,74,97)(H,75,93)(H,76,95)(H,77,98)(H,78,89)(H,79,94)(H,80,86)(H,81,90)(H,82,96)(H,87,88)(H4,69,70,71)/t36-,37-,39-,40-,41-,42-,43-,44-,45-,50-,51-,52-/m0/s1. The molecular formula is C64H107N19O16. The number of primary amides is 2. The van der Waals surface area contributed by atoms with Crippen molar-refractivity contribution in [1.82, 2.24) is 63.4 Å². The van der Waals surface area contributed by atoms with Gasteiger partial charge in [0.25, 0.3) is 0 Å². The summed E-state index contributed by atoms with van der Waals surface area (Å²) in [6, 6.07) is -5.59. The summed E-state index contributed by atoms with van der Waals surface area (Å²) in [5, 5.41) is 36.8. The number of aliphatic imine (C=N–C) groups is 1. The first kappa shape index (κ1) is 85.5. The molecule has 0 aromatic heterocycles. The van der Waals surface area contributed by atoms with E-state index in [4.69, 9.17) is 39.5 Å². The Morgan fingerprint density at radius 3 is 1.64 bits per heavy atom. The number of benzene rings is 1. The molecule has 0 radical (unpaired) electrons. The monoisotopic (exact) mass is 1400 g/mol. The van der Waals surface area contributed by atoms with Crippen LogP contribution in [0, 0.1) is 23.7 Å². The van der Waals surface area contributed by atoms with E-state index in [2.05, 4.69) is 63.5 Å². The maximum absolute atomic E-state index is 14.5. The van der Waals surface area contributed by atoms with Crippen molar-refractivity contribution in [1.29, 1.82) is 0 Å². The Morgan fingerprint density at radius 1 is 0.566 bits per heavy atom. The van der Waals surface area contributed by atoms with E-state index in [1.54, 1.807) is 79.7 Å². The average Bonchev–Trinajstić information content (AvgIpc) is 1.78. The van der Waals surface area contributed by atoms with Crippen molar-refractivity contribution in [3.63, 3.8) is 0 Å². The normalized spacial score (nSPS) is 16.0. The number of carboxylic acids is 1. The zero-order chi connectivity index (χ0) is 74.8. The second kappa shape index (κ2) is 43.7. The van der Waals surface area contributed by atoms with Crippen LogP contribution in [0.2, 0.25) is 0 Å². The van der Waals surface area contributed by atoms with Gasteiger partial charge >= 0.3 is 5.97 Å². The van der Waals surface area contributed by atoms with E-state index in [0.29, 0.717) is 19.3 Å². The highest BCUT2D eigenvalue weighted by Gasteiger charge is 2.42. The molecule has 24 N–H and O–H groups in total. The fraction of sp³-hybridized carbons (Fsp3) is 0.656. The summed E-state index contributed by atoms with van der Waals surface area (Å²) in [6.45, 7) is 13.7. The number of carbonyl (C=O) groups excluding carboxylic acids is 14. The summed E-state index contributed by atoms with van der Waals surface area (Å²) in [6.07, 6.45) is -0.0455. The lowest BCUT2D eigenvalue weighted by molar-refractivity contribution is -0.143. The first-order chi connectivity index (χ1) is 46.5.